The van der Waals surface area contributed by atoms with Crippen molar-refractivity contribution < 1.29 is 13.2 Å². The van der Waals surface area contributed by atoms with Gasteiger partial charge in [0.05, 0.1) is 11.1 Å². The van der Waals surface area contributed by atoms with Gasteiger partial charge in [-0.15, -0.1) is 0 Å². The highest BCUT2D eigenvalue weighted by molar-refractivity contribution is 7.89. The number of carbonyl (C=O) groups is 1. The number of hydrogen-bond acceptors (Lipinski definition) is 4. The third-order valence-electron chi connectivity index (χ3n) is 4.50. The third kappa shape index (κ3) is 5.40. The van der Waals surface area contributed by atoms with E-state index in [1.54, 1.807) is 47.1 Å². The Morgan fingerprint density at radius 2 is 1.74 bits per heavy atom. The van der Waals surface area contributed by atoms with E-state index in [1.165, 1.54) is 4.31 Å². The molecular formula is C19H28N4O3S. The van der Waals surface area contributed by atoms with Crippen LogP contribution in [0.4, 0.5) is 0 Å². The topological polar surface area (TPSA) is 75.5 Å². The molecule has 2 aromatic rings. The summed E-state index contributed by atoms with van der Waals surface area (Å²) in [4.78, 5) is 14.3. The summed E-state index contributed by atoms with van der Waals surface area (Å²) in [5, 5.41) is 4.10. The Balaban J connectivity index is 1.93. The summed E-state index contributed by atoms with van der Waals surface area (Å²) >= 11 is 0. The van der Waals surface area contributed by atoms with Crippen LogP contribution in [0.2, 0.25) is 0 Å². The Kier molecular flexibility index (Phi) is 7.15. The van der Waals surface area contributed by atoms with Gasteiger partial charge in [0.15, 0.2) is 0 Å². The summed E-state index contributed by atoms with van der Waals surface area (Å²) < 4.78 is 28.1. The van der Waals surface area contributed by atoms with Crippen LogP contribution in [0.3, 0.4) is 0 Å². The predicted molar refractivity (Wildman–Crippen MR) is 105 cm³/mol. The molecule has 0 radical (unpaired) electrons. The monoisotopic (exact) mass is 392 g/mol. The lowest BCUT2D eigenvalue weighted by Gasteiger charge is -2.18. The average Bonchev–Trinajstić information content (AvgIpc) is 3.05. The van der Waals surface area contributed by atoms with E-state index in [2.05, 4.69) is 5.10 Å². The number of carbonyl (C=O) groups excluding carboxylic acids is 1. The number of amides is 1. The molecule has 2 rings (SSSR count). The summed E-state index contributed by atoms with van der Waals surface area (Å²) in [7, 11) is 0.171. The van der Waals surface area contributed by atoms with Crippen LogP contribution >= 0.6 is 0 Å². The highest BCUT2D eigenvalue weighted by atomic mass is 32.2. The van der Waals surface area contributed by atoms with Crippen LogP contribution in [0.5, 0.6) is 0 Å². The summed E-state index contributed by atoms with van der Waals surface area (Å²) in [6.45, 7) is 5.05. The minimum Gasteiger partial charge on any atom is -0.341 e. The van der Waals surface area contributed by atoms with Gasteiger partial charge in [-0.3, -0.25) is 9.48 Å². The van der Waals surface area contributed by atoms with Gasteiger partial charge < -0.3 is 4.90 Å². The zero-order valence-corrected chi connectivity index (χ0v) is 17.2. The first-order valence-corrected chi connectivity index (χ1v) is 10.5. The Bertz CT molecular complexity index is 855. The number of benzene rings is 1. The lowest BCUT2D eigenvalue weighted by atomic mass is 10.1. The van der Waals surface area contributed by atoms with E-state index in [1.807, 2.05) is 27.1 Å². The van der Waals surface area contributed by atoms with Crippen molar-refractivity contribution in [1.82, 2.24) is 19.0 Å². The first-order valence-electron chi connectivity index (χ1n) is 9.08. The molecule has 1 aromatic carbocycles. The summed E-state index contributed by atoms with van der Waals surface area (Å²) in [6, 6.07) is 6.80. The minimum atomic E-state index is -3.45. The van der Waals surface area contributed by atoms with E-state index < -0.39 is 10.0 Å². The smallest absolute Gasteiger partial charge is 0.243 e. The molecule has 1 aromatic heterocycles. The van der Waals surface area contributed by atoms with E-state index in [0.717, 1.165) is 11.1 Å². The van der Waals surface area contributed by atoms with Crippen LogP contribution in [-0.4, -0.2) is 53.4 Å². The average molecular weight is 393 g/mol. The quantitative estimate of drug-likeness (QED) is 0.654. The van der Waals surface area contributed by atoms with Crippen LogP contribution in [0.25, 0.3) is 0 Å². The molecule has 0 aliphatic rings. The van der Waals surface area contributed by atoms with Gasteiger partial charge in [0.2, 0.25) is 15.9 Å². The van der Waals surface area contributed by atoms with Crippen molar-refractivity contribution in [3.63, 3.8) is 0 Å². The Morgan fingerprint density at radius 1 is 1.11 bits per heavy atom. The maximum Gasteiger partial charge on any atom is 0.243 e. The molecule has 0 unspecified atom stereocenters. The van der Waals surface area contributed by atoms with Crippen LogP contribution in [0.1, 0.15) is 31.4 Å². The fraction of sp³-hybridized carbons (Fsp3) is 0.474. The fourth-order valence-electron chi connectivity index (χ4n) is 2.90. The van der Waals surface area contributed by atoms with Crippen LogP contribution in [0, 0.1) is 0 Å². The van der Waals surface area contributed by atoms with Gasteiger partial charge in [-0.2, -0.15) is 9.40 Å². The van der Waals surface area contributed by atoms with Crippen LogP contribution < -0.4 is 0 Å². The van der Waals surface area contributed by atoms with Gasteiger partial charge in [-0.1, -0.05) is 26.0 Å². The standard InChI is InChI=1S/C19H28N4O3S/c1-5-23(6-2)27(25,26)18-10-7-16(8-11-18)9-12-19(24)21(3)14-17-13-20-22(4)15-17/h7-8,10-11,13,15H,5-6,9,12,14H2,1-4H3. The molecule has 0 bridgehead atoms. The molecule has 27 heavy (non-hydrogen) atoms. The van der Waals surface area contributed by atoms with Crippen LogP contribution in [-0.2, 0) is 34.8 Å². The van der Waals surface area contributed by atoms with E-state index >= 15 is 0 Å². The molecule has 0 saturated heterocycles. The predicted octanol–water partition coefficient (Wildman–Crippen LogP) is 2.04. The summed E-state index contributed by atoms with van der Waals surface area (Å²) in [6.07, 6.45) is 4.58. The second kappa shape index (κ2) is 9.14. The number of rotatable bonds is 9. The van der Waals surface area contributed by atoms with E-state index in [4.69, 9.17) is 0 Å². The second-order valence-electron chi connectivity index (χ2n) is 6.51. The molecule has 0 N–H and O–H groups in total. The largest absolute Gasteiger partial charge is 0.341 e. The molecule has 0 aliphatic heterocycles. The van der Waals surface area contributed by atoms with Crippen molar-refractivity contribution in [2.45, 2.75) is 38.1 Å². The molecule has 0 spiro atoms. The van der Waals surface area contributed by atoms with E-state index in [-0.39, 0.29) is 10.8 Å². The molecule has 1 amide bonds. The van der Waals surface area contributed by atoms with Gasteiger partial charge in [-0.25, -0.2) is 8.42 Å². The number of nitrogens with zero attached hydrogens (tertiary/aromatic N) is 4. The Hall–Kier alpha value is -2.19. The molecule has 148 valence electrons. The maximum atomic E-state index is 12.5. The van der Waals surface area contributed by atoms with E-state index in [0.29, 0.717) is 32.5 Å². The number of aryl methyl sites for hydroxylation is 2. The second-order valence-corrected chi connectivity index (χ2v) is 8.44. The van der Waals surface area contributed by atoms with Gasteiger partial charge >= 0.3 is 0 Å². The Morgan fingerprint density at radius 3 is 2.26 bits per heavy atom. The highest BCUT2D eigenvalue weighted by Gasteiger charge is 2.21. The van der Waals surface area contributed by atoms with Gasteiger partial charge in [0.1, 0.15) is 0 Å². The van der Waals surface area contributed by atoms with Gasteiger partial charge in [-0.05, 0) is 24.1 Å². The minimum absolute atomic E-state index is 0.0405. The van der Waals surface area contributed by atoms with E-state index in [9.17, 15) is 13.2 Å². The third-order valence-corrected chi connectivity index (χ3v) is 6.56. The van der Waals surface area contributed by atoms with Crippen molar-refractivity contribution in [3.8, 4) is 0 Å². The molecule has 1 heterocycles. The molecule has 0 aliphatic carbocycles. The number of sulfonamides is 1. The van der Waals surface area contributed by atoms with Crippen molar-refractivity contribution in [3.05, 3.63) is 47.8 Å². The van der Waals surface area contributed by atoms with Crippen molar-refractivity contribution >= 4 is 15.9 Å². The molecule has 8 heteroatoms. The van der Waals surface area contributed by atoms with Crippen molar-refractivity contribution in [2.75, 3.05) is 20.1 Å². The molecule has 0 atom stereocenters. The molecule has 0 fully saturated rings. The zero-order chi connectivity index (χ0) is 20.0. The first kappa shape index (κ1) is 21.1. The summed E-state index contributed by atoms with van der Waals surface area (Å²) in [5.41, 5.74) is 1.93. The molecular weight excluding hydrogens is 364 g/mol. The fourth-order valence-corrected chi connectivity index (χ4v) is 4.36. The van der Waals surface area contributed by atoms with Crippen molar-refractivity contribution in [1.29, 1.82) is 0 Å². The molecule has 0 saturated carbocycles. The van der Waals surface area contributed by atoms with Gasteiger partial charge in [0.25, 0.3) is 0 Å². The first-order chi connectivity index (χ1) is 12.8. The number of hydrogen-bond donors (Lipinski definition) is 0. The SMILES string of the molecule is CCN(CC)S(=O)(=O)c1ccc(CCC(=O)N(C)Cc2cnn(C)c2)cc1. The maximum absolute atomic E-state index is 12.5. The van der Waals surface area contributed by atoms with Gasteiger partial charge in [0, 0.05) is 51.9 Å². The normalized spacial score (nSPS) is 11.7. The zero-order valence-electron chi connectivity index (χ0n) is 16.4. The highest BCUT2D eigenvalue weighted by Crippen LogP contribution is 2.17. The number of aromatic nitrogens is 2. The Labute approximate surface area is 161 Å². The van der Waals surface area contributed by atoms with Crippen LogP contribution in [0.15, 0.2) is 41.6 Å². The lowest BCUT2D eigenvalue weighted by Crippen LogP contribution is -2.30. The molecule has 7 nitrogen and oxygen atoms in total. The van der Waals surface area contributed by atoms with Crippen molar-refractivity contribution in [2.24, 2.45) is 7.05 Å². The summed E-state index contributed by atoms with van der Waals surface area (Å²) in [5.74, 6) is 0.0405. The lowest BCUT2D eigenvalue weighted by molar-refractivity contribution is -0.130.